The number of aromatic nitrogens is 2. The second-order valence-electron chi connectivity index (χ2n) is 4.73. The lowest BCUT2D eigenvalue weighted by Crippen LogP contribution is -2.11. The summed E-state index contributed by atoms with van der Waals surface area (Å²) in [5.74, 6) is -1.14. The van der Waals surface area contributed by atoms with Crippen molar-refractivity contribution in [3.63, 3.8) is 0 Å². The Balaban J connectivity index is 2.53. The number of halogens is 1. The fraction of sp³-hybridized carbons (Fsp3) is 0.214. The van der Waals surface area contributed by atoms with Crippen LogP contribution in [0.2, 0.25) is 5.02 Å². The molecular weight excluding hydrogens is 326 g/mol. The number of esters is 1. The van der Waals surface area contributed by atoms with Crippen molar-refractivity contribution in [2.24, 2.45) is 7.05 Å². The van der Waals surface area contributed by atoms with Gasteiger partial charge in [0, 0.05) is 31.7 Å². The summed E-state index contributed by atoms with van der Waals surface area (Å²) in [5.41, 5.74) is 0.262. The highest BCUT2D eigenvalue weighted by molar-refractivity contribution is 6.35. The highest BCUT2D eigenvalue weighted by Gasteiger charge is 2.26. The smallest absolute Gasteiger partial charge is 0.309 e. The van der Waals surface area contributed by atoms with Crippen LogP contribution in [-0.4, -0.2) is 26.5 Å². The van der Waals surface area contributed by atoms with Crippen LogP contribution in [0.4, 0.5) is 5.69 Å². The van der Waals surface area contributed by atoms with Crippen molar-refractivity contribution < 1.29 is 19.2 Å². The maximum Gasteiger partial charge on any atom is 0.309 e. The van der Waals surface area contributed by atoms with E-state index in [2.05, 4.69) is 5.10 Å². The highest BCUT2D eigenvalue weighted by Crippen LogP contribution is 2.29. The number of rotatable bonds is 4. The lowest BCUT2D eigenvalue weighted by atomic mass is 10.0. The lowest BCUT2D eigenvalue weighted by molar-refractivity contribution is -0.384. The summed E-state index contributed by atoms with van der Waals surface area (Å²) in [7, 11) is 1.53. The van der Waals surface area contributed by atoms with Crippen molar-refractivity contribution >= 4 is 29.0 Å². The fourth-order valence-corrected chi connectivity index (χ4v) is 2.35. The Kier molecular flexibility index (Phi) is 4.46. The number of carbonyl (C=O) groups is 2. The molecule has 120 valence electrons. The van der Waals surface area contributed by atoms with Gasteiger partial charge < -0.3 is 4.74 Å². The van der Waals surface area contributed by atoms with Crippen LogP contribution in [0, 0.1) is 17.0 Å². The van der Waals surface area contributed by atoms with Gasteiger partial charge in [-0.2, -0.15) is 5.10 Å². The predicted molar refractivity (Wildman–Crippen MR) is 80.8 cm³/mol. The monoisotopic (exact) mass is 337 g/mol. The number of nitrogens with zero attached hydrogens (tertiary/aromatic N) is 3. The molecular formula is C14H12ClN3O5. The molecule has 0 aliphatic carbocycles. The molecule has 0 saturated carbocycles. The van der Waals surface area contributed by atoms with Gasteiger partial charge in [0.25, 0.3) is 5.69 Å². The summed E-state index contributed by atoms with van der Waals surface area (Å²) >= 11 is 5.98. The van der Waals surface area contributed by atoms with E-state index >= 15 is 0 Å². The number of hydrogen-bond donors (Lipinski definition) is 0. The van der Waals surface area contributed by atoms with Crippen LogP contribution in [0.5, 0.6) is 5.88 Å². The van der Waals surface area contributed by atoms with E-state index in [4.69, 9.17) is 16.3 Å². The zero-order valence-electron chi connectivity index (χ0n) is 12.5. The van der Waals surface area contributed by atoms with E-state index < -0.39 is 16.7 Å². The Hall–Kier alpha value is -2.74. The molecule has 0 aliphatic rings. The van der Waals surface area contributed by atoms with Crippen LogP contribution in [-0.2, 0) is 11.8 Å². The lowest BCUT2D eigenvalue weighted by Gasteiger charge is -2.06. The number of aryl methyl sites for hydroxylation is 2. The minimum Gasteiger partial charge on any atom is -0.407 e. The Morgan fingerprint density at radius 3 is 2.57 bits per heavy atom. The third-order valence-electron chi connectivity index (χ3n) is 3.05. The van der Waals surface area contributed by atoms with Gasteiger partial charge in [0.2, 0.25) is 11.7 Å². The molecule has 0 saturated heterocycles. The zero-order valence-corrected chi connectivity index (χ0v) is 13.2. The number of ether oxygens (including phenoxy) is 1. The van der Waals surface area contributed by atoms with Gasteiger partial charge in [0.05, 0.1) is 15.6 Å². The summed E-state index contributed by atoms with van der Waals surface area (Å²) in [6, 6.07) is 3.52. The molecule has 23 heavy (non-hydrogen) atoms. The SMILES string of the molecule is CC(=O)Oc1c(C(=O)c2ccc([N+](=O)[O-])cc2Cl)c(C)nn1C. The maximum atomic E-state index is 12.7. The van der Waals surface area contributed by atoms with Gasteiger partial charge in [-0.3, -0.25) is 19.7 Å². The molecule has 0 N–H and O–H groups in total. The Morgan fingerprint density at radius 1 is 1.39 bits per heavy atom. The highest BCUT2D eigenvalue weighted by atomic mass is 35.5. The molecule has 0 spiro atoms. The molecule has 1 aromatic heterocycles. The van der Waals surface area contributed by atoms with Gasteiger partial charge in [-0.25, -0.2) is 4.68 Å². The minimum absolute atomic E-state index is 0.00517. The number of hydrogen-bond acceptors (Lipinski definition) is 6. The Labute approximate surface area is 135 Å². The summed E-state index contributed by atoms with van der Waals surface area (Å²) in [5, 5.41) is 14.7. The van der Waals surface area contributed by atoms with Gasteiger partial charge in [0.1, 0.15) is 5.56 Å². The quantitative estimate of drug-likeness (QED) is 0.367. The maximum absolute atomic E-state index is 12.7. The van der Waals surface area contributed by atoms with Crippen LogP contribution < -0.4 is 4.74 Å². The van der Waals surface area contributed by atoms with Crippen LogP contribution >= 0.6 is 11.6 Å². The first kappa shape index (κ1) is 16.6. The molecule has 1 heterocycles. The fourth-order valence-electron chi connectivity index (χ4n) is 2.09. The van der Waals surface area contributed by atoms with Gasteiger partial charge in [-0.15, -0.1) is 0 Å². The standard InChI is InChI=1S/C14H12ClN3O5/c1-7-12(14(17(3)16-7)23-8(2)19)13(20)10-5-4-9(18(21)22)6-11(10)15/h4-6H,1-3H3. The number of nitro groups is 1. The second-order valence-corrected chi connectivity index (χ2v) is 5.14. The summed E-state index contributed by atoms with van der Waals surface area (Å²) in [6.07, 6.45) is 0. The molecule has 9 heteroatoms. The van der Waals surface area contributed by atoms with E-state index in [9.17, 15) is 19.7 Å². The molecule has 2 aromatic rings. The normalized spacial score (nSPS) is 10.4. The van der Waals surface area contributed by atoms with Gasteiger partial charge >= 0.3 is 5.97 Å². The summed E-state index contributed by atoms with van der Waals surface area (Å²) in [4.78, 5) is 34.0. The summed E-state index contributed by atoms with van der Waals surface area (Å²) in [6.45, 7) is 2.79. The van der Waals surface area contributed by atoms with Gasteiger partial charge in [-0.1, -0.05) is 11.6 Å². The Morgan fingerprint density at radius 2 is 2.04 bits per heavy atom. The molecule has 0 unspecified atom stereocenters. The third-order valence-corrected chi connectivity index (χ3v) is 3.36. The molecule has 8 nitrogen and oxygen atoms in total. The van der Waals surface area contributed by atoms with E-state index in [-0.39, 0.29) is 27.7 Å². The van der Waals surface area contributed by atoms with Crippen molar-refractivity contribution in [3.8, 4) is 5.88 Å². The minimum atomic E-state index is -0.611. The third kappa shape index (κ3) is 3.21. The van der Waals surface area contributed by atoms with Crippen LogP contribution in [0.3, 0.4) is 0 Å². The van der Waals surface area contributed by atoms with Gasteiger partial charge in [0.15, 0.2) is 0 Å². The number of benzene rings is 1. The number of ketones is 1. The van der Waals surface area contributed by atoms with E-state index in [0.29, 0.717) is 5.69 Å². The van der Waals surface area contributed by atoms with Crippen LogP contribution in [0.25, 0.3) is 0 Å². The molecule has 1 aromatic carbocycles. The molecule has 0 amide bonds. The molecule has 0 atom stereocenters. The van der Waals surface area contributed by atoms with Crippen LogP contribution in [0.1, 0.15) is 28.5 Å². The van der Waals surface area contributed by atoms with Crippen molar-refractivity contribution in [2.75, 3.05) is 0 Å². The average Bonchev–Trinajstić information content (AvgIpc) is 2.71. The topological polar surface area (TPSA) is 104 Å². The van der Waals surface area contributed by atoms with E-state index in [1.54, 1.807) is 6.92 Å². The second kappa shape index (κ2) is 6.17. The van der Waals surface area contributed by atoms with Crippen LogP contribution in [0.15, 0.2) is 18.2 Å². The van der Waals surface area contributed by atoms with E-state index in [1.165, 1.54) is 30.8 Å². The average molecular weight is 338 g/mol. The molecule has 0 fully saturated rings. The van der Waals surface area contributed by atoms with Crippen molar-refractivity contribution in [2.45, 2.75) is 13.8 Å². The van der Waals surface area contributed by atoms with Crippen molar-refractivity contribution in [3.05, 3.63) is 50.2 Å². The first-order valence-corrected chi connectivity index (χ1v) is 6.80. The molecule has 0 radical (unpaired) electrons. The van der Waals surface area contributed by atoms with Crippen molar-refractivity contribution in [1.29, 1.82) is 0 Å². The zero-order chi connectivity index (χ0) is 17.3. The molecule has 2 rings (SSSR count). The predicted octanol–water partition coefficient (Wildman–Crippen LogP) is 2.45. The number of nitro benzene ring substituents is 1. The number of non-ortho nitro benzene ring substituents is 1. The molecule has 0 aliphatic heterocycles. The van der Waals surface area contributed by atoms with E-state index in [0.717, 1.165) is 6.07 Å². The Bertz CT molecular complexity index is 828. The summed E-state index contributed by atoms with van der Waals surface area (Å²) < 4.78 is 6.30. The first-order valence-electron chi connectivity index (χ1n) is 6.43. The largest absolute Gasteiger partial charge is 0.407 e. The van der Waals surface area contributed by atoms with E-state index in [1.807, 2.05) is 0 Å². The van der Waals surface area contributed by atoms with Crippen molar-refractivity contribution in [1.82, 2.24) is 9.78 Å². The number of carbonyl (C=O) groups excluding carboxylic acids is 2. The molecule has 0 bridgehead atoms. The van der Waals surface area contributed by atoms with Gasteiger partial charge in [-0.05, 0) is 13.0 Å². The first-order chi connectivity index (χ1) is 10.7.